The summed E-state index contributed by atoms with van der Waals surface area (Å²) in [6.45, 7) is 15.3. The highest BCUT2D eigenvalue weighted by Gasteiger charge is 2.53. The first-order chi connectivity index (χ1) is 28.6. The van der Waals surface area contributed by atoms with Crippen molar-refractivity contribution >= 4 is 48.5 Å². The van der Waals surface area contributed by atoms with Crippen LogP contribution in [-0.2, 0) is 43.7 Å². The average molecular weight is 853 g/mol. The number of aliphatic hydroxyl groups is 1. The summed E-state index contributed by atoms with van der Waals surface area (Å²) >= 11 is 1.45. The molecule has 4 aliphatic rings. The number of ether oxygens (including phenoxy) is 1. The van der Waals surface area contributed by atoms with Crippen molar-refractivity contribution in [2.24, 2.45) is 11.3 Å². The lowest BCUT2D eigenvalue weighted by Crippen LogP contribution is -2.52. The van der Waals surface area contributed by atoms with Crippen molar-refractivity contribution in [2.75, 3.05) is 19.6 Å². The largest absolute Gasteiger partial charge is 0.508 e. The lowest BCUT2D eigenvalue weighted by Gasteiger charge is -2.52. The number of esters is 1. The van der Waals surface area contributed by atoms with E-state index in [9.17, 15) is 19.8 Å². The number of benzene rings is 2. The number of piperidine rings is 1. The summed E-state index contributed by atoms with van der Waals surface area (Å²) in [5.41, 5.74) is 4.60. The maximum Gasteiger partial charge on any atom is 0.344 e. The number of thiophene rings is 1. The number of rotatable bonds is 15. The number of aryl methyl sites for hydroxylation is 2. The Morgan fingerprint density at radius 2 is 1.80 bits per heavy atom. The molecule has 3 aliphatic carbocycles. The van der Waals surface area contributed by atoms with E-state index in [0.29, 0.717) is 5.56 Å². The maximum absolute atomic E-state index is 13.5. The Hall–Kier alpha value is -3.68. The van der Waals surface area contributed by atoms with Crippen LogP contribution in [0.2, 0.25) is 18.1 Å². The molecule has 4 aromatic rings. The summed E-state index contributed by atoms with van der Waals surface area (Å²) in [7, 11) is -2.14. The third-order valence-corrected chi connectivity index (χ3v) is 20.2. The van der Waals surface area contributed by atoms with Gasteiger partial charge in [-0.15, -0.1) is 16.4 Å². The quantitative estimate of drug-likeness (QED) is 0.0888. The van der Waals surface area contributed by atoms with E-state index in [1.54, 1.807) is 12.1 Å². The molecule has 3 heterocycles. The molecule has 0 bridgehead atoms. The Morgan fingerprint density at radius 3 is 2.52 bits per heavy atom. The number of phenols is 1. The Labute approximate surface area is 360 Å². The molecule has 2 aromatic carbocycles. The summed E-state index contributed by atoms with van der Waals surface area (Å²) < 4.78 is 15.2. The van der Waals surface area contributed by atoms with E-state index in [1.165, 1.54) is 16.9 Å². The number of fused-ring (bicyclic) bond motifs is 2. The molecule has 10 nitrogen and oxygen atoms in total. The second kappa shape index (κ2) is 17.2. The SMILES string of the molecule is CC(C)(C)[Si](C)(C)O[C@@H](CCCc1ccc2c(c1)nnn2CCCN1CCC2(CC1)CC(OC(=O)C(O)(c1cccs1)C1CCCC1)C2)c1ccc(O)c2c1C=CC(=O)C2. The molecule has 12 heteroatoms. The van der Waals surface area contributed by atoms with Crippen LogP contribution in [0.25, 0.3) is 17.1 Å². The number of hydrogen-bond acceptors (Lipinski definition) is 10. The molecule has 0 radical (unpaired) electrons. The predicted octanol–water partition coefficient (Wildman–Crippen LogP) is 9.68. The molecule has 3 fully saturated rings. The molecule has 2 N–H and O–H groups in total. The van der Waals surface area contributed by atoms with Gasteiger partial charge in [0.1, 0.15) is 17.4 Å². The molecule has 1 saturated heterocycles. The first-order valence-electron chi connectivity index (χ1n) is 22.4. The summed E-state index contributed by atoms with van der Waals surface area (Å²) in [6.07, 6.45) is 14.9. The Balaban J connectivity index is 0.809. The number of ketones is 1. The van der Waals surface area contributed by atoms with Gasteiger partial charge in [-0.1, -0.05) is 63.1 Å². The van der Waals surface area contributed by atoms with Crippen LogP contribution in [-0.4, -0.2) is 75.9 Å². The summed E-state index contributed by atoms with van der Waals surface area (Å²) in [4.78, 5) is 29.0. The number of aromatic nitrogens is 3. The second-order valence-electron chi connectivity index (χ2n) is 19.8. The highest BCUT2D eigenvalue weighted by atomic mass is 32.1. The zero-order valence-electron chi connectivity index (χ0n) is 36.3. The number of likely N-dealkylation sites (tertiary alicyclic amines) is 1. The summed E-state index contributed by atoms with van der Waals surface area (Å²) in [5, 5.41) is 33.4. The topological polar surface area (TPSA) is 127 Å². The molecule has 2 aromatic heterocycles. The van der Waals surface area contributed by atoms with Gasteiger partial charge in [-0.2, -0.15) is 0 Å². The van der Waals surface area contributed by atoms with Crippen molar-refractivity contribution in [3.05, 3.63) is 81.1 Å². The minimum absolute atomic E-state index is 0.00491. The Kier molecular flexibility index (Phi) is 12.3. The first kappa shape index (κ1) is 43.0. The third-order valence-electron chi connectivity index (χ3n) is 14.8. The van der Waals surface area contributed by atoms with E-state index in [-0.39, 0.29) is 46.5 Å². The summed E-state index contributed by atoms with van der Waals surface area (Å²) in [5.74, 6) is -0.325. The van der Waals surface area contributed by atoms with Crippen LogP contribution in [0.3, 0.4) is 0 Å². The Bertz CT molecular complexity index is 2190. The third kappa shape index (κ3) is 8.82. The summed E-state index contributed by atoms with van der Waals surface area (Å²) in [6, 6.07) is 14.0. The normalized spacial score (nSPS) is 20.3. The van der Waals surface area contributed by atoms with E-state index in [0.717, 1.165) is 130 Å². The van der Waals surface area contributed by atoms with Gasteiger partial charge in [0.2, 0.25) is 0 Å². The van der Waals surface area contributed by atoms with Crippen LogP contribution >= 0.6 is 11.3 Å². The van der Waals surface area contributed by atoms with Crippen LogP contribution < -0.4 is 0 Å². The van der Waals surface area contributed by atoms with Crippen molar-refractivity contribution in [1.29, 1.82) is 0 Å². The van der Waals surface area contributed by atoms with Crippen molar-refractivity contribution < 1.29 is 29.0 Å². The molecule has 1 spiro atoms. The van der Waals surface area contributed by atoms with Crippen molar-refractivity contribution in [2.45, 2.75) is 147 Å². The number of nitrogens with zero attached hydrogens (tertiary/aromatic N) is 4. The van der Waals surface area contributed by atoms with E-state index >= 15 is 0 Å². The molecule has 322 valence electrons. The number of carbonyl (C=O) groups excluding carboxylic acids is 2. The van der Waals surface area contributed by atoms with Gasteiger partial charge >= 0.3 is 5.97 Å². The van der Waals surface area contributed by atoms with Crippen molar-refractivity contribution in [1.82, 2.24) is 19.9 Å². The van der Waals surface area contributed by atoms with Gasteiger partial charge in [0.25, 0.3) is 0 Å². The van der Waals surface area contributed by atoms with Gasteiger partial charge in [0.15, 0.2) is 19.7 Å². The lowest BCUT2D eigenvalue weighted by molar-refractivity contribution is -0.192. The number of aromatic hydroxyl groups is 1. The molecule has 0 amide bonds. The van der Waals surface area contributed by atoms with E-state index in [1.807, 2.05) is 34.3 Å². The van der Waals surface area contributed by atoms with Gasteiger partial charge in [0, 0.05) is 29.3 Å². The fourth-order valence-corrected chi connectivity index (χ4v) is 12.2. The van der Waals surface area contributed by atoms with Gasteiger partial charge < -0.3 is 24.3 Å². The molecular formula is C48H64N4O6SSi. The van der Waals surface area contributed by atoms with Gasteiger partial charge in [-0.25, -0.2) is 9.48 Å². The zero-order valence-corrected chi connectivity index (χ0v) is 38.1. The molecule has 2 saturated carbocycles. The van der Waals surface area contributed by atoms with Crippen LogP contribution in [0.1, 0.15) is 125 Å². The highest BCUT2D eigenvalue weighted by Crippen LogP contribution is 2.52. The molecule has 8 rings (SSSR count). The average Bonchev–Trinajstić information content (AvgIpc) is 4.01. The molecule has 1 unspecified atom stereocenters. The fourth-order valence-electron chi connectivity index (χ4n) is 10.0. The van der Waals surface area contributed by atoms with E-state index < -0.39 is 19.9 Å². The minimum atomic E-state index is -2.14. The van der Waals surface area contributed by atoms with Crippen LogP contribution in [0.5, 0.6) is 5.75 Å². The number of phenolic OH excluding ortho intramolecular Hbond substituents is 1. The van der Waals surface area contributed by atoms with Gasteiger partial charge in [-0.3, -0.25) is 4.79 Å². The second-order valence-corrected chi connectivity index (χ2v) is 25.5. The smallest absolute Gasteiger partial charge is 0.344 e. The van der Waals surface area contributed by atoms with Crippen LogP contribution in [0, 0.1) is 11.3 Å². The standard InChI is InChI=1S/C48H64N4O6SSi/c1-46(2,3)60(4,5)58-43(38-19-21-42(54)39-30-35(53)17-18-37(38)39)14-8-11-33-16-20-41-40(29-33)49-50-52(41)25-10-24-51-26-22-47(23-27-51)31-36(32-47)57-45(55)48(56,34-12-6-7-13-34)44-15-9-28-59-44/h9,15-21,28-29,34,36,43,54,56H,6-8,10-14,22-27,30-32H2,1-5H3/t43-,48?/m0/s1. The number of hydrogen-bond donors (Lipinski definition) is 2. The molecule has 2 atom stereocenters. The van der Waals surface area contributed by atoms with Gasteiger partial charge in [-0.05, 0) is 160 Å². The van der Waals surface area contributed by atoms with Gasteiger partial charge in [0.05, 0.1) is 11.6 Å². The number of carbonyl (C=O) groups is 2. The molecular weight excluding hydrogens is 789 g/mol. The number of allylic oxidation sites excluding steroid dienone is 1. The minimum Gasteiger partial charge on any atom is -0.508 e. The molecule has 1 aliphatic heterocycles. The first-order valence-corrected chi connectivity index (χ1v) is 26.2. The van der Waals surface area contributed by atoms with Crippen LogP contribution in [0.15, 0.2) is 53.9 Å². The van der Waals surface area contributed by atoms with Crippen molar-refractivity contribution in [3.8, 4) is 5.75 Å². The maximum atomic E-state index is 13.5. The van der Waals surface area contributed by atoms with E-state index in [4.69, 9.17) is 9.16 Å². The van der Waals surface area contributed by atoms with E-state index in [2.05, 4.69) is 67.3 Å². The monoisotopic (exact) mass is 852 g/mol. The lowest BCUT2D eigenvalue weighted by atomic mass is 9.61. The predicted molar refractivity (Wildman–Crippen MR) is 239 cm³/mol. The van der Waals surface area contributed by atoms with Crippen molar-refractivity contribution in [3.63, 3.8) is 0 Å². The Morgan fingerprint density at radius 1 is 1.03 bits per heavy atom. The zero-order chi connectivity index (χ0) is 42.3. The fraction of sp³-hybridized carbons (Fsp3) is 0.583. The molecule has 60 heavy (non-hydrogen) atoms. The van der Waals surface area contributed by atoms with Crippen LogP contribution in [0.4, 0.5) is 0 Å². The highest BCUT2D eigenvalue weighted by molar-refractivity contribution is 7.10.